The first kappa shape index (κ1) is 19.0. The van der Waals surface area contributed by atoms with Crippen LogP contribution in [0.15, 0.2) is 53.3 Å². The maximum absolute atomic E-state index is 12.6. The molecule has 4 aromatic rings. The van der Waals surface area contributed by atoms with Gasteiger partial charge in [-0.3, -0.25) is 15.1 Å². The number of aromatic nitrogens is 4. The molecule has 156 valence electrons. The summed E-state index contributed by atoms with van der Waals surface area (Å²) in [7, 11) is 0. The van der Waals surface area contributed by atoms with Crippen LogP contribution in [0.1, 0.15) is 28.9 Å². The molecule has 31 heavy (non-hydrogen) atoms. The van der Waals surface area contributed by atoms with Crippen molar-refractivity contribution < 1.29 is 4.79 Å². The lowest BCUT2D eigenvalue weighted by molar-refractivity contribution is 0.251. The minimum Gasteiger partial charge on any atom is -0.334 e. The lowest BCUT2D eigenvalue weighted by Crippen LogP contribution is -2.29. The third-order valence-electron chi connectivity index (χ3n) is 5.52. The van der Waals surface area contributed by atoms with Crippen molar-refractivity contribution in [1.82, 2.24) is 25.1 Å². The van der Waals surface area contributed by atoms with Crippen LogP contribution in [0.3, 0.4) is 0 Å². The lowest BCUT2D eigenvalue weighted by Gasteiger charge is -2.11. The summed E-state index contributed by atoms with van der Waals surface area (Å²) in [6, 6.07) is 15.5. The molecule has 3 N–H and O–H groups in total. The van der Waals surface area contributed by atoms with Crippen molar-refractivity contribution in [2.24, 2.45) is 0 Å². The minimum atomic E-state index is -0.363. The molecule has 8 nitrogen and oxygen atoms in total. The van der Waals surface area contributed by atoms with E-state index >= 15 is 0 Å². The SMILES string of the molecule is Cc1cc(NC(=O)NCc2cccc3ccccc23)n(-c2nc3c(c(=O)[nH]2)CCC3)n1. The van der Waals surface area contributed by atoms with E-state index in [2.05, 4.69) is 25.7 Å². The highest BCUT2D eigenvalue weighted by molar-refractivity contribution is 5.90. The van der Waals surface area contributed by atoms with Gasteiger partial charge >= 0.3 is 6.03 Å². The van der Waals surface area contributed by atoms with Crippen LogP contribution in [0.5, 0.6) is 0 Å². The van der Waals surface area contributed by atoms with Gasteiger partial charge in [0.25, 0.3) is 5.56 Å². The highest BCUT2D eigenvalue weighted by atomic mass is 16.2. The topological polar surface area (TPSA) is 105 Å². The Balaban J connectivity index is 1.36. The molecule has 2 amide bonds. The number of carbonyl (C=O) groups is 1. The van der Waals surface area contributed by atoms with Gasteiger partial charge < -0.3 is 5.32 Å². The molecule has 2 aromatic heterocycles. The lowest BCUT2D eigenvalue weighted by atomic mass is 10.0. The standard InChI is InChI=1S/C23H22N6O2/c1-14-12-20(29(28-14)22-25-19-11-5-10-18(19)21(30)27-22)26-23(31)24-13-16-8-4-7-15-6-2-3-9-17(15)16/h2-4,6-9,12H,5,10-11,13H2,1H3,(H2,24,26,31)(H,25,27,30). The summed E-state index contributed by atoms with van der Waals surface area (Å²) < 4.78 is 1.47. The highest BCUT2D eigenvalue weighted by Gasteiger charge is 2.20. The molecule has 1 aliphatic carbocycles. The van der Waals surface area contributed by atoms with Crippen molar-refractivity contribution in [1.29, 1.82) is 0 Å². The van der Waals surface area contributed by atoms with Gasteiger partial charge in [0.05, 0.1) is 11.4 Å². The van der Waals surface area contributed by atoms with Crippen molar-refractivity contribution in [2.75, 3.05) is 5.32 Å². The zero-order chi connectivity index (χ0) is 21.4. The second-order valence-corrected chi connectivity index (χ2v) is 7.70. The van der Waals surface area contributed by atoms with Gasteiger partial charge in [-0.2, -0.15) is 9.78 Å². The molecular weight excluding hydrogens is 392 g/mol. The number of hydrogen-bond donors (Lipinski definition) is 3. The van der Waals surface area contributed by atoms with E-state index in [-0.39, 0.29) is 11.6 Å². The molecule has 0 unspecified atom stereocenters. The van der Waals surface area contributed by atoms with Crippen LogP contribution in [0.4, 0.5) is 10.6 Å². The molecule has 0 fully saturated rings. The Labute approximate surface area is 178 Å². The normalized spacial score (nSPS) is 12.7. The molecule has 0 atom stereocenters. The first-order chi connectivity index (χ1) is 15.1. The molecule has 8 heteroatoms. The molecule has 0 radical (unpaired) electrons. The van der Waals surface area contributed by atoms with Gasteiger partial charge in [0.15, 0.2) is 0 Å². The third-order valence-corrected chi connectivity index (χ3v) is 5.52. The molecule has 2 aromatic carbocycles. The predicted molar refractivity (Wildman–Crippen MR) is 119 cm³/mol. The minimum absolute atomic E-state index is 0.142. The highest BCUT2D eigenvalue weighted by Crippen LogP contribution is 2.20. The number of urea groups is 1. The monoisotopic (exact) mass is 414 g/mol. The summed E-state index contributed by atoms with van der Waals surface area (Å²) in [4.78, 5) is 32.3. The number of carbonyl (C=O) groups excluding carboxylic acids is 1. The number of nitrogens with one attached hydrogen (secondary N) is 3. The number of amides is 2. The van der Waals surface area contributed by atoms with Gasteiger partial charge in [-0.1, -0.05) is 42.5 Å². The van der Waals surface area contributed by atoms with Crippen LogP contribution in [0.25, 0.3) is 16.7 Å². The fraction of sp³-hybridized carbons (Fsp3) is 0.217. The average Bonchev–Trinajstić information content (AvgIpc) is 3.38. The smallest absolute Gasteiger partial charge is 0.320 e. The van der Waals surface area contributed by atoms with E-state index in [4.69, 9.17) is 0 Å². The molecular formula is C23H22N6O2. The summed E-state index contributed by atoms with van der Waals surface area (Å²) in [5.74, 6) is 0.747. The maximum atomic E-state index is 12.6. The van der Waals surface area contributed by atoms with Gasteiger partial charge in [0.2, 0.25) is 5.95 Å². The fourth-order valence-corrected chi connectivity index (χ4v) is 4.06. The van der Waals surface area contributed by atoms with Crippen LogP contribution in [0, 0.1) is 6.92 Å². The van der Waals surface area contributed by atoms with Crippen LogP contribution >= 0.6 is 0 Å². The summed E-state index contributed by atoms with van der Waals surface area (Å²) in [5, 5.41) is 12.4. The maximum Gasteiger partial charge on any atom is 0.320 e. The molecule has 0 spiro atoms. The molecule has 0 aliphatic heterocycles. The number of anilines is 1. The molecule has 0 saturated heterocycles. The number of nitrogens with zero attached hydrogens (tertiary/aromatic N) is 3. The molecule has 0 saturated carbocycles. The Hall–Kier alpha value is -3.94. The van der Waals surface area contributed by atoms with E-state index in [1.54, 1.807) is 6.07 Å². The van der Waals surface area contributed by atoms with Crippen LogP contribution < -0.4 is 16.2 Å². The van der Waals surface area contributed by atoms with Crippen molar-refractivity contribution in [3.05, 3.63) is 81.4 Å². The van der Waals surface area contributed by atoms with Gasteiger partial charge in [0.1, 0.15) is 5.82 Å². The zero-order valence-electron chi connectivity index (χ0n) is 17.1. The summed E-state index contributed by atoms with van der Waals surface area (Å²) in [6.45, 7) is 2.20. The summed E-state index contributed by atoms with van der Waals surface area (Å²) >= 11 is 0. The first-order valence-corrected chi connectivity index (χ1v) is 10.3. The Morgan fingerprint density at radius 1 is 1.16 bits per heavy atom. The molecule has 0 bridgehead atoms. The number of fused-ring (bicyclic) bond motifs is 2. The first-order valence-electron chi connectivity index (χ1n) is 10.3. The number of H-pyrrole nitrogens is 1. The van der Waals surface area contributed by atoms with E-state index < -0.39 is 0 Å². The van der Waals surface area contributed by atoms with Crippen LogP contribution in [-0.4, -0.2) is 25.8 Å². The quantitative estimate of drug-likeness (QED) is 0.477. The summed E-state index contributed by atoms with van der Waals surface area (Å²) in [5.41, 5.74) is 3.14. The number of aromatic amines is 1. The van der Waals surface area contributed by atoms with Gasteiger partial charge in [-0.25, -0.2) is 9.78 Å². The van der Waals surface area contributed by atoms with Crippen LogP contribution in [0.2, 0.25) is 0 Å². The van der Waals surface area contributed by atoms with Crippen molar-refractivity contribution in [3.63, 3.8) is 0 Å². The van der Waals surface area contributed by atoms with E-state index in [0.29, 0.717) is 24.0 Å². The average molecular weight is 414 g/mol. The predicted octanol–water partition coefficient (Wildman–Crippen LogP) is 3.23. The largest absolute Gasteiger partial charge is 0.334 e. The Kier molecular flexibility index (Phi) is 4.74. The second-order valence-electron chi connectivity index (χ2n) is 7.70. The number of rotatable bonds is 4. The van der Waals surface area contributed by atoms with Crippen molar-refractivity contribution >= 4 is 22.6 Å². The zero-order valence-corrected chi connectivity index (χ0v) is 17.1. The van der Waals surface area contributed by atoms with Crippen LogP contribution in [-0.2, 0) is 19.4 Å². The van der Waals surface area contributed by atoms with E-state index in [1.807, 2.05) is 49.4 Å². The second kappa shape index (κ2) is 7.71. The number of aryl methyl sites for hydroxylation is 2. The Morgan fingerprint density at radius 3 is 2.90 bits per heavy atom. The number of benzene rings is 2. The third kappa shape index (κ3) is 3.68. The summed E-state index contributed by atoms with van der Waals surface area (Å²) in [6.07, 6.45) is 2.45. The van der Waals surface area contributed by atoms with Gasteiger partial charge in [0, 0.05) is 18.2 Å². The van der Waals surface area contributed by atoms with Crippen molar-refractivity contribution in [2.45, 2.75) is 32.7 Å². The van der Waals surface area contributed by atoms with E-state index in [9.17, 15) is 9.59 Å². The molecule has 1 aliphatic rings. The fourth-order valence-electron chi connectivity index (χ4n) is 4.06. The number of hydrogen-bond acceptors (Lipinski definition) is 4. The Morgan fingerprint density at radius 2 is 2.00 bits per heavy atom. The molecule has 5 rings (SSSR count). The molecule has 2 heterocycles. The van der Waals surface area contributed by atoms with E-state index in [1.165, 1.54) is 4.68 Å². The Bertz CT molecular complexity index is 1350. The van der Waals surface area contributed by atoms with Gasteiger partial charge in [-0.15, -0.1) is 0 Å². The van der Waals surface area contributed by atoms with Gasteiger partial charge in [-0.05, 0) is 42.5 Å². The van der Waals surface area contributed by atoms with E-state index in [0.717, 1.165) is 46.9 Å². The van der Waals surface area contributed by atoms with Crippen molar-refractivity contribution in [3.8, 4) is 5.95 Å².